The lowest BCUT2D eigenvalue weighted by atomic mass is 9.69. The van der Waals surface area contributed by atoms with E-state index >= 15 is 0 Å². The topological polar surface area (TPSA) is 64.7 Å². The molecule has 4 nitrogen and oxygen atoms in total. The second kappa shape index (κ2) is 10.1. The third-order valence-electron chi connectivity index (χ3n) is 5.60. The number of ether oxygens (including phenoxy) is 1. The van der Waals surface area contributed by atoms with Crippen molar-refractivity contribution in [3.8, 4) is 5.75 Å². The highest BCUT2D eigenvalue weighted by molar-refractivity contribution is 9.10. The number of carbonyl (C=O) groups is 1. The molecule has 0 saturated carbocycles. The summed E-state index contributed by atoms with van der Waals surface area (Å²) in [5, 5.41) is 0. The van der Waals surface area contributed by atoms with Gasteiger partial charge in [-0.15, -0.1) is 0 Å². The largest absolute Gasteiger partial charge is 0.489 e. The van der Waals surface area contributed by atoms with Crippen LogP contribution in [0, 0.1) is 0 Å². The van der Waals surface area contributed by atoms with Gasteiger partial charge in [0.2, 0.25) is 5.91 Å². The average molecular weight is 457 g/mol. The zero-order chi connectivity index (χ0) is 20.7. The van der Waals surface area contributed by atoms with Gasteiger partial charge in [-0.2, -0.15) is 0 Å². The van der Waals surface area contributed by atoms with Crippen LogP contribution in [-0.2, 0) is 16.8 Å². The number of primary amides is 1. The van der Waals surface area contributed by atoms with Crippen LogP contribution < -0.4 is 10.5 Å². The van der Waals surface area contributed by atoms with Gasteiger partial charge in [-0.3, -0.25) is 9.79 Å². The number of hydrogen-bond donors (Lipinski definition) is 1. The number of aliphatic imine (C=N–C) groups is 1. The maximum Gasteiger partial charge on any atom is 0.232 e. The van der Waals surface area contributed by atoms with Gasteiger partial charge in [0.25, 0.3) is 0 Å². The number of benzene rings is 2. The highest BCUT2D eigenvalue weighted by Gasteiger charge is 2.44. The van der Waals surface area contributed by atoms with Gasteiger partial charge < -0.3 is 10.5 Å². The van der Waals surface area contributed by atoms with Crippen molar-refractivity contribution in [1.82, 2.24) is 0 Å². The first-order valence-electron chi connectivity index (χ1n) is 10.4. The number of rotatable bonds is 9. The van der Waals surface area contributed by atoms with Crippen LogP contribution in [0.3, 0.4) is 0 Å². The smallest absolute Gasteiger partial charge is 0.232 e. The molecule has 1 aliphatic rings. The van der Waals surface area contributed by atoms with Gasteiger partial charge in [0, 0.05) is 16.6 Å². The normalized spacial score (nSPS) is 18.0. The number of hydrogen-bond acceptors (Lipinski definition) is 3. The lowest BCUT2D eigenvalue weighted by Crippen LogP contribution is -2.42. The fourth-order valence-electron chi connectivity index (χ4n) is 4.10. The van der Waals surface area contributed by atoms with Gasteiger partial charge in [0.15, 0.2) is 0 Å². The van der Waals surface area contributed by atoms with Crippen LogP contribution in [0.1, 0.15) is 62.1 Å². The molecule has 0 fully saturated rings. The summed E-state index contributed by atoms with van der Waals surface area (Å²) in [7, 11) is 0. The summed E-state index contributed by atoms with van der Waals surface area (Å²) < 4.78 is 7.01. The summed E-state index contributed by atoms with van der Waals surface area (Å²) in [4.78, 5) is 17.5. The zero-order valence-electron chi connectivity index (χ0n) is 17.0. The molecule has 1 heterocycles. The Bertz CT molecular complexity index is 881. The highest BCUT2D eigenvalue weighted by Crippen LogP contribution is 2.45. The Morgan fingerprint density at radius 1 is 1.21 bits per heavy atom. The molecule has 1 aliphatic heterocycles. The van der Waals surface area contributed by atoms with Crippen LogP contribution in [-0.4, -0.2) is 18.7 Å². The predicted molar refractivity (Wildman–Crippen MR) is 122 cm³/mol. The zero-order valence-corrected chi connectivity index (χ0v) is 18.6. The molecule has 3 rings (SSSR count). The SMILES string of the molecule is CCCCCCN=CCCC1(C(N)=O)c2ccc(Br)cc2COc2ccccc21. The summed E-state index contributed by atoms with van der Waals surface area (Å²) in [6.45, 7) is 3.45. The van der Waals surface area contributed by atoms with E-state index in [1.807, 2.05) is 48.7 Å². The highest BCUT2D eigenvalue weighted by atomic mass is 79.9. The molecule has 0 bridgehead atoms. The number of halogens is 1. The van der Waals surface area contributed by atoms with Gasteiger partial charge in [-0.25, -0.2) is 0 Å². The van der Waals surface area contributed by atoms with E-state index < -0.39 is 5.41 Å². The molecule has 1 atom stereocenters. The van der Waals surface area contributed by atoms with E-state index in [4.69, 9.17) is 10.5 Å². The quantitative estimate of drug-likeness (QED) is 0.397. The van der Waals surface area contributed by atoms with Crippen molar-refractivity contribution in [1.29, 1.82) is 0 Å². The van der Waals surface area contributed by atoms with Crippen molar-refractivity contribution in [2.24, 2.45) is 10.7 Å². The number of nitrogens with two attached hydrogens (primary N) is 1. The van der Waals surface area contributed by atoms with Crippen molar-refractivity contribution >= 4 is 28.1 Å². The first kappa shape index (κ1) is 21.6. The van der Waals surface area contributed by atoms with Crippen LogP contribution in [0.25, 0.3) is 0 Å². The molecule has 29 heavy (non-hydrogen) atoms. The van der Waals surface area contributed by atoms with Gasteiger partial charge >= 0.3 is 0 Å². The Balaban J connectivity index is 1.92. The molecule has 2 aromatic carbocycles. The van der Waals surface area contributed by atoms with Gasteiger partial charge in [0.1, 0.15) is 17.8 Å². The fraction of sp³-hybridized carbons (Fsp3) is 0.417. The Labute approximate surface area is 181 Å². The third-order valence-corrected chi connectivity index (χ3v) is 6.09. The molecule has 2 N–H and O–H groups in total. The molecular weight excluding hydrogens is 428 g/mol. The Morgan fingerprint density at radius 3 is 2.83 bits per heavy atom. The molecule has 0 aliphatic carbocycles. The lowest BCUT2D eigenvalue weighted by Gasteiger charge is -2.32. The van der Waals surface area contributed by atoms with Gasteiger partial charge in [-0.1, -0.05) is 66.4 Å². The van der Waals surface area contributed by atoms with Crippen LogP contribution in [0.5, 0.6) is 5.75 Å². The molecule has 2 aromatic rings. The minimum atomic E-state index is -0.933. The van der Waals surface area contributed by atoms with Crippen molar-refractivity contribution in [3.63, 3.8) is 0 Å². The molecule has 0 spiro atoms. The predicted octanol–water partition coefficient (Wildman–Crippen LogP) is 5.54. The minimum Gasteiger partial charge on any atom is -0.489 e. The van der Waals surface area contributed by atoms with Crippen molar-refractivity contribution in [3.05, 3.63) is 63.6 Å². The Kier molecular flexibility index (Phi) is 7.48. The first-order chi connectivity index (χ1) is 14.1. The first-order valence-corrected chi connectivity index (χ1v) is 11.2. The molecule has 0 radical (unpaired) electrons. The second-order valence-corrected chi connectivity index (χ2v) is 8.46. The van der Waals surface area contributed by atoms with Gasteiger partial charge in [0.05, 0.1) is 0 Å². The summed E-state index contributed by atoms with van der Waals surface area (Å²) in [5.41, 5.74) is 7.89. The standard InChI is InChI=1S/C24H29BrN2O2/c1-2-3-4-7-14-27-15-8-13-24(23(26)28)20-12-11-19(25)16-18(20)17-29-22-10-6-5-9-21(22)24/h5-6,9-12,15-16H,2-4,7-8,13-14,17H2,1H3,(H2,26,28). The maximum atomic E-state index is 13.0. The van der Waals surface area contributed by atoms with E-state index in [1.165, 1.54) is 19.3 Å². The second-order valence-electron chi connectivity index (χ2n) is 7.54. The van der Waals surface area contributed by atoms with E-state index in [9.17, 15) is 4.79 Å². The number of unbranched alkanes of at least 4 members (excludes halogenated alkanes) is 3. The van der Waals surface area contributed by atoms with Gasteiger partial charge in [-0.05, 0) is 54.8 Å². The van der Waals surface area contributed by atoms with Crippen LogP contribution in [0.15, 0.2) is 51.9 Å². The molecule has 0 saturated heterocycles. The van der Waals surface area contributed by atoms with E-state index in [0.29, 0.717) is 19.4 Å². The van der Waals surface area contributed by atoms with Crippen LogP contribution >= 0.6 is 15.9 Å². The lowest BCUT2D eigenvalue weighted by molar-refractivity contribution is -0.122. The number of fused-ring (bicyclic) bond motifs is 2. The monoisotopic (exact) mass is 456 g/mol. The van der Waals surface area contributed by atoms with Crippen molar-refractivity contribution in [2.75, 3.05) is 6.54 Å². The molecular formula is C24H29BrN2O2. The molecule has 1 unspecified atom stereocenters. The number of carbonyl (C=O) groups excluding carboxylic acids is 1. The van der Waals surface area contributed by atoms with E-state index in [2.05, 4.69) is 27.8 Å². The molecule has 5 heteroatoms. The summed E-state index contributed by atoms with van der Waals surface area (Å²) >= 11 is 3.53. The third kappa shape index (κ3) is 4.72. The average Bonchev–Trinajstić information content (AvgIpc) is 2.85. The number of para-hydroxylation sites is 1. The summed E-state index contributed by atoms with van der Waals surface area (Å²) in [6, 6.07) is 13.7. The van der Waals surface area contributed by atoms with E-state index in [1.54, 1.807) is 0 Å². The van der Waals surface area contributed by atoms with Crippen molar-refractivity contribution < 1.29 is 9.53 Å². The van der Waals surface area contributed by atoms with E-state index in [0.717, 1.165) is 39.9 Å². The minimum absolute atomic E-state index is 0.352. The van der Waals surface area contributed by atoms with Crippen LogP contribution in [0.2, 0.25) is 0 Å². The van der Waals surface area contributed by atoms with Crippen LogP contribution in [0.4, 0.5) is 0 Å². The molecule has 1 amide bonds. The van der Waals surface area contributed by atoms with Crippen molar-refractivity contribution in [2.45, 2.75) is 57.5 Å². The Morgan fingerprint density at radius 2 is 2.03 bits per heavy atom. The number of nitrogens with zero attached hydrogens (tertiary/aromatic N) is 1. The maximum absolute atomic E-state index is 13.0. The number of amides is 1. The summed E-state index contributed by atoms with van der Waals surface area (Å²) in [5.74, 6) is 0.366. The molecule has 154 valence electrons. The Hall–Kier alpha value is -2.14. The fourth-order valence-corrected chi connectivity index (χ4v) is 4.50. The van der Waals surface area contributed by atoms with E-state index in [-0.39, 0.29) is 5.91 Å². The summed E-state index contributed by atoms with van der Waals surface area (Å²) in [6.07, 6.45) is 8.00. The molecule has 0 aromatic heterocycles.